The number of hydrogen-bond donors (Lipinski definition) is 0. The summed E-state index contributed by atoms with van der Waals surface area (Å²) in [6.07, 6.45) is 0. The second-order valence-corrected chi connectivity index (χ2v) is 13.9. The van der Waals surface area contributed by atoms with Crippen LogP contribution in [0.4, 0.5) is 0 Å². The summed E-state index contributed by atoms with van der Waals surface area (Å²) in [5.41, 5.74) is -6.55. The van der Waals surface area contributed by atoms with Gasteiger partial charge in [0.15, 0.2) is 5.82 Å². The van der Waals surface area contributed by atoms with Gasteiger partial charge in [0.1, 0.15) is 11.2 Å². The van der Waals surface area contributed by atoms with Gasteiger partial charge in [0, 0.05) is 37.9 Å². The molecule has 4 aromatic heterocycles. The minimum Gasteiger partial charge on any atom is -0.456 e. The van der Waals surface area contributed by atoms with Gasteiger partial charge >= 0.3 is 0 Å². The quantitative estimate of drug-likeness (QED) is 0.167. The fraction of sp³-hybridized carbons (Fsp3) is 0. The van der Waals surface area contributed by atoms with E-state index in [1.54, 1.807) is 30.3 Å². The van der Waals surface area contributed by atoms with E-state index < -0.39 is 264 Å². The van der Waals surface area contributed by atoms with Crippen molar-refractivity contribution in [3.63, 3.8) is 0 Å². The molecule has 0 N–H and O–H groups in total. The highest BCUT2D eigenvalue weighted by molar-refractivity contribution is 6.13. The number of benzene rings is 9. The van der Waals surface area contributed by atoms with Gasteiger partial charge in [-0.1, -0.05) is 175 Å². The first kappa shape index (κ1) is 17.4. The van der Waals surface area contributed by atoms with Crippen molar-refractivity contribution in [3.8, 4) is 56.7 Å². The van der Waals surface area contributed by atoms with Crippen LogP contribution in [0.15, 0.2) is 216 Å². The van der Waals surface area contributed by atoms with Crippen LogP contribution in [-0.4, -0.2) is 24.1 Å². The van der Waals surface area contributed by atoms with Crippen LogP contribution >= 0.6 is 0 Å². The van der Waals surface area contributed by atoms with Gasteiger partial charge in [-0.15, -0.1) is 0 Å². The van der Waals surface area contributed by atoms with Crippen molar-refractivity contribution in [1.29, 1.82) is 0 Å². The summed E-state index contributed by atoms with van der Waals surface area (Å²) in [4.78, 5) is 14.8. The van der Waals surface area contributed by atoms with Gasteiger partial charge in [-0.25, -0.2) is 0 Å². The fourth-order valence-electron chi connectivity index (χ4n) is 7.65. The summed E-state index contributed by atoms with van der Waals surface area (Å²) in [6.45, 7) is 0. The Bertz CT molecular complexity index is 5370. The van der Waals surface area contributed by atoms with Crippen molar-refractivity contribution in [2.45, 2.75) is 0 Å². The Kier molecular flexibility index (Phi) is 3.86. The molecule has 0 radical (unpaired) electrons. The highest BCUT2D eigenvalue weighted by Crippen LogP contribution is 2.40. The van der Waals surface area contributed by atoms with E-state index in [0.717, 1.165) is 9.13 Å². The minimum absolute atomic E-state index is 0.0670. The van der Waals surface area contributed by atoms with Gasteiger partial charge in [0.05, 0.1) is 60.4 Å². The number of furan rings is 1. The van der Waals surface area contributed by atoms with Crippen LogP contribution in [0, 0.1) is 0 Å². The Morgan fingerprint density at radius 3 is 1.38 bits per heavy atom. The third-order valence-electron chi connectivity index (χ3n) is 10.3. The predicted octanol–water partition coefficient (Wildman–Crippen LogP) is 14.6. The summed E-state index contributed by atoms with van der Waals surface area (Å²) < 4.78 is 263. The molecule has 0 amide bonds. The molecule has 0 bridgehead atoms. The molecule has 4 heterocycles. The molecular weight excluding hydrogens is 771 g/mol. The SMILES string of the molecule is [2H]c1c([2H])c([2H])c(-c2c([2H])c([2H])c3c4c([2H])c([2H])c([2H])c([2H])c4n(-c4nc(-c5cccc6oc7ccccc7c56)nc(-n5c6c([2H])c(-c7c([2H])c([2H])c([2H])c([2H])c7[2H])c([2H])c([2H])c6c6c([2H])c([2H])c(-c7c([2H])c([2H])c([2H])c([2H])c7[2H])c([2H])c65)n4)c3c2[2H])c([2H])c1[2H]. The van der Waals surface area contributed by atoms with Crippen molar-refractivity contribution in [1.82, 2.24) is 24.1 Å². The van der Waals surface area contributed by atoms with Crippen LogP contribution in [0.25, 0.3) is 122 Å². The Balaban J connectivity index is 1.32. The topological polar surface area (TPSA) is 61.7 Å². The molecule has 0 aliphatic carbocycles. The Hall–Kier alpha value is -8.61. The number of rotatable bonds is 6. The molecule has 13 aromatic rings. The van der Waals surface area contributed by atoms with Crippen LogP contribution in [0.3, 0.4) is 0 Å². The lowest BCUT2D eigenvalue weighted by molar-refractivity contribution is 0.669. The zero-order valence-corrected chi connectivity index (χ0v) is 31.7. The molecule has 0 spiro atoms. The lowest BCUT2D eigenvalue weighted by Crippen LogP contribution is -2.10. The van der Waals surface area contributed by atoms with E-state index >= 15 is 0 Å². The van der Waals surface area contributed by atoms with E-state index in [4.69, 9.17) is 42.7 Å². The molecule has 9 aromatic carbocycles. The molecule has 0 saturated heterocycles. The summed E-state index contributed by atoms with van der Waals surface area (Å²) in [5.74, 6) is -2.05. The first-order valence-corrected chi connectivity index (χ1v) is 18.9. The van der Waals surface area contributed by atoms with Gasteiger partial charge in [0.25, 0.3) is 0 Å². The van der Waals surface area contributed by atoms with Crippen molar-refractivity contribution in [3.05, 3.63) is 212 Å². The van der Waals surface area contributed by atoms with E-state index in [1.807, 2.05) is 0 Å². The van der Waals surface area contributed by atoms with Crippen molar-refractivity contribution in [2.24, 2.45) is 0 Å². The van der Waals surface area contributed by atoms with Gasteiger partial charge in [-0.2, -0.15) is 15.0 Å². The summed E-state index contributed by atoms with van der Waals surface area (Å²) in [6, 6.07) is -14.1. The number of nitrogens with zero attached hydrogens (tertiary/aromatic N) is 5. The predicted molar refractivity (Wildman–Crippen MR) is 258 cm³/mol. The molecule has 0 atom stereocenters. The highest BCUT2D eigenvalue weighted by Gasteiger charge is 2.23. The second kappa shape index (κ2) is 14.0. The highest BCUT2D eigenvalue weighted by atomic mass is 16.3. The van der Waals surface area contributed by atoms with Crippen molar-refractivity contribution < 1.29 is 42.8 Å². The normalized spacial score (nSPS) is 18.0. The van der Waals surface area contributed by atoms with Crippen LogP contribution in [0.5, 0.6) is 0 Å². The van der Waals surface area contributed by atoms with E-state index in [-0.39, 0.29) is 11.1 Å². The maximum atomic E-state index is 10.2. The van der Waals surface area contributed by atoms with Crippen LogP contribution < -0.4 is 0 Å². The Morgan fingerprint density at radius 2 is 0.825 bits per heavy atom. The van der Waals surface area contributed by atoms with Crippen molar-refractivity contribution >= 4 is 65.6 Å². The molecule has 0 saturated carbocycles. The number of aromatic nitrogens is 5. The molecule has 6 nitrogen and oxygen atoms in total. The zero-order chi connectivity index (χ0) is 65.8. The van der Waals surface area contributed by atoms with Gasteiger partial charge < -0.3 is 4.42 Å². The number of para-hydroxylation sites is 2. The molecule has 6 heteroatoms. The Labute approximate surface area is 400 Å². The van der Waals surface area contributed by atoms with Crippen LogP contribution in [0.2, 0.25) is 0 Å². The third-order valence-corrected chi connectivity index (χ3v) is 10.3. The third kappa shape index (κ3) is 5.62. The lowest BCUT2D eigenvalue weighted by Gasteiger charge is -2.14. The second-order valence-electron chi connectivity index (χ2n) is 13.9. The summed E-state index contributed by atoms with van der Waals surface area (Å²) >= 11 is 0. The van der Waals surface area contributed by atoms with Gasteiger partial charge in [0.2, 0.25) is 11.9 Å². The fourth-order valence-corrected chi connectivity index (χ4v) is 7.65. The first-order valence-electron chi connectivity index (χ1n) is 32.9. The van der Waals surface area contributed by atoms with Gasteiger partial charge in [-0.05, 0) is 69.7 Å². The summed E-state index contributed by atoms with van der Waals surface area (Å²) in [5, 5.41) is -1.49. The van der Waals surface area contributed by atoms with E-state index in [0.29, 0.717) is 16.4 Å². The largest absolute Gasteiger partial charge is 0.456 e. The van der Waals surface area contributed by atoms with E-state index in [9.17, 15) is 15.1 Å². The Morgan fingerprint density at radius 1 is 0.365 bits per heavy atom. The standard InChI is InChI=1S/C57H35N5O/c1-4-15-36(16-5-1)39-27-30-43-42-21-10-12-24-48(42)61(49(43)33-39)56-58-55(47-23-14-26-53-54(47)46-22-11-13-25-52(46)63-53)59-57(60-56)62-50-34-40(37-17-6-2-7-18-37)28-31-44(50)45-32-29-41(35-51(45)62)38-19-8-3-9-20-38/h1-35H/i1D,2D,3D,4D,5D,6D,7D,8D,9D,10D,12D,15D,16D,17D,18D,19D,20D,21D,24D,27D,28D,29D,30D,31D,32D,33D,34D,35D. The first-order chi connectivity index (χ1) is 42.9. The number of fused-ring (bicyclic) bond motifs is 9. The van der Waals surface area contributed by atoms with E-state index in [1.165, 1.54) is 12.1 Å². The average Bonchev–Trinajstić information content (AvgIpc) is 1.56. The molecule has 294 valence electrons. The molecule has 0 unspecified atom stereocenters. The number of hydrogen-bond acceptors (Lipinski definition) is 4. The maximum Gasteiger partial charge on any atom is 0.240 e. The molecule has 63 heavy (non-hydrogen) atoms. The van der Waals surface area contributed by atoms with Gasteiger partial charge in [-0.3, -0.25) is 9.13 Å². The summed E-state index contributed by atoms with van der Waals surface area (Å²) in [7, 11) is 0. The minimum atomic E-state index is -0.963. The van der Waals surface area contributed by atoms with E-state index in [2.05, 4.69) is 0 Å². The average molecular weight is 834 g/mol. The maximum absolute atomic E-state index is 10.2. The van der Waals surface area contributed by atoms with Crippen LogP contribution in [0.1, 0.15) is 38.4 Å². The molecule has 0 aliphatic rings. The van der Waals surface area contributed by atoms with Crippen LogP contribution in [-0.2, 0) is 0 Å². The lowest BCUT2D eigenvalue weighted by atomic mass is 10.0. The zero-order valence-electron chi connectivity index (χ0n) is 59.7. The molecule has 13 rings (SSSR count). The molecule has 0 fully saturated rings. The molecule has 0 aliphatic heterocycles. The van der Waals surface area contributed by atoms with Crippen molar-refractivity contribution in [2.75, 3.05) is 0 Å². The smallest absolute Gasteiger partial charge is 0.240 e. The molecular formula is C57H35N5O. The monoisotopic (exact) mass is 833 g/mol.